The molecule has 3 unspecified atom stereocenters. The minimum atomic E-state index is -0.282. The van der Waals surface area contributed by atoms with Crippen LogP contribution in [0.5, 0.6) is 0 Å². The molecule has 5 heteroatoms. The molecule has 0 N–H and O–H groups in total. The number of fused-ring (bicyclic) bond motifs is 1. The quantitative estimate of drug-likeness (QED) is 0.789. The summed E-state index contributed by atoms with van der Waals surface area (Å²) in [6.45, 7) is 5.50. The van der Waals surface area contributed by atoms with Crippen molar-refractivity contribution in [2.45, 2.75) is 56.9 Å². The van der Waals surface area contributed by atoms with Crippen LogP contribution in [-0.4, -0.2) is 58.3 Å². The molecule has 3 atom stereocenters. The van der Waals surface area contributed by atoms with E-state index in [1.807, 2.05) is 16.7 Å². The van der Waals surface area contributed by atoms with Gasteiger partial charge in [-0.1, -0.05) is 6.92 Å². The van der Waals surface area contributed by atoms with Gasteiger partial charge in [-0.05, 0) is 38.9 Å². The van der Waals surface area contributed by atoms with E-state index < -0.39 is 0 Å². The van der Waals surface area contributed by atoms with Crippen molar-refractivity contribution < 1.29 is 9.59 Å². The lowest BCUT2D eigenvalue weighted by atomic mass is 9.95. The molecular formula is C14H24N2O2S. The molecule has 0 bridgehead atoms. The van der Waals surface area contributed by atoms with Gasteiger partial charge in [0.15, 0.2) is 0 Å². The second kappa shape index (κ2) is 6.16. The van der Waals surface area contributed by atoms with Gasteiger partial charge in [-0.15, -0.1) is 0 Å². The van der Waals surface area contributed by atoms with Gasteiger partial charge in [0.2, 0.25) is 11.8 Å². The predicted molar refractivity (Wildman–Crippen MR) is 78.1 cm³/mol. The lowest BCUT2D eigenvalue weighted by molar-refractivity contribution is -0.162. The predicted octanol–water partition coefficient (Wildman–Crippen LogP) is 1.74. The first-order chi connectivity index (χ1) is 9.06. The Labute approximate surface area is 119 Å². The van der Waals surface area contributed by atoms with Crippen molar-refractivity contribution in [3.05, 3.63) is 0 Å². The lowest BCUT2D eigenvalue weighted by Gasteiger charge is -2.46. The number of hydrogen-bond acceptors (Lipinski definition) is 3. The minimum absolute atomic E-state index is 0.140. The van der Waals surface area contributed by atoms with Crippen molar-refractivity contribution in [2.24, 2.45) is 0 Å². The van der Waals surface area contributed by atoms with Crippen LogP contribution in [0.2, 0.25) is 0 Å². The number of piperazine rings is 1. The van der Waals surface area contributed by atoms with Gasteiger partial charge in [-0.25, -0.2) is 0 Å². The Morgan fingerprint density at radius 1 is 1.32 bits per heavy atom. The third-order valence-corrected chi connectivity index (χ3v) is 5.40. The van der Waals surface area contributed by atoms with Crippen molar-refractivity contribution in [3.8, 4) is 0 Å². The Morgan fingerprint density at radius 2 is 2.05 bits per heavy atom. The molecule has 2 rings (SSSR count). The van der Waals surface area contributed by atoms with Gasteiger partial charge in [-0.2, -0.15) is 11.8 Å². The van der Waals surface area contributed by atoms with Crippen molar-refractivity contribution in [3.63, 3.8) is 0 Å². The highest BCUT2D eigenvalue weighted by atomic mass is 32.2. The van der Waals surface area contributed by atoms with E-state index in [1.54, 1.807) is 11.8 Å². The Morgan fingerprint density at radius 3 is 2.74 bits per heavy atom. The molecule has 2 aliphatic rings. The van der Waals surface area contributed by atoms with Gasteiger partial charge in [-0.3, -0.25) is 9.59 Å². The summed E-state index contributed by atoms with van der Waals surface area (Å²) in [6.07, 6.45) is 5.97. The number of hydrogen-bond donors (Lipinski definition) is 0. The van der Waals surface area contributed by atoms with Gasteiger partial charge >= 0.3 is 0 Å². The third-order valence-electron chi connectivity index (χ3n) is 4.36. The molecule has 0 aromatic rings. The average molecular weight is 284 g/mol. The molecule has 2 heterocycles. The number of carbonyl (C=O) groups is 2. The van der Waals surface area contributed by atoms with Gasteiger partial charge in [0, 0.05) is 18.3 Å². The van der Waals surface area contributed by atoms with Crippen molar-refractivity contribution in [1.82, 2.24) is 9.80 Å². The summed E-state index contributed by atoms with van der Waals surface area (Å²) in [6, 6.07) is -0.460. The second-order valence-corrected chi connectivity index (χ2v) is 6.86. The summed E-state index contributed by atoms with van der Waals surface area (Å²) in [5.41, 5.74) is 0. The first-order valence-electron chi connectivity index (χ1n) is 7.20. The largest absolute Gasteiger partial charge is 0.329 e. The summed E-state index contributed by atoms with van der Waals surface area (Å²) >= 11 is 1.81. The Hall–Kier alpha value is -0.710. The third kappa shape index (κ3) is 2.91. The monoisotopic (exact) mass is 284 g/mol. The molecule has 2 fully saturated rings. The van der Waals surface area contributed by atoms with Crippen LogP contribution in [0.3, 0.4) is 0 Å². The van der Waals surface area contributed by atoms with Gasteiger partial charge in [0.25, 0.3) is 0 Å². The highest BCUT2D eigenvalue weighted by Gasteiger charge is 2.44. The zero-order chi connectivity index (χ0) is 14.0. The average Bonchev–Trinajstić information content (AvgIpc) is 2.44. The van der Waals surface area contributed by atoms with Crippen LogP contribution in [0, 0.1) is 0 Å². The van der Waals surface area contributed by atoms with Crippen LogP contribution in [0.4, 0.5) is 0 Å². The van der Waals surface area contributed by atoms with Crippen LogP contribution >= 0.6 is 11.8 Å². The van der Waals surface area contributed by atoms with Crippen LogP contribution < -0.4 is 0 Å². The summed E-state index contributed by atoms with van der Waals surface area (Å²) < 4.78 is 0. The van der Waals surface area contributed by atoms with E-state index in [9.17, 15) is 9.59 Å². The van der Waals surface area contributed by atoms with Crippen molar-refractivity contribution >= 4 is 23.6 Å². The summed E-state index contributed by atoms with van der Waals surface area (Å²) in [7, 11) is 0. The van der Waals surface area contributed by atoms with E-state index in [4.69, 9.17) is 0 Å². The molecule has 108 valence electrons. The van der Waals surface area contributed by atoms with E-state index in [0.29, 0.717) is 11.8 Å². The van der Waals surface area contributed by atoms with Crippen LogP contribution in [-0.2, 0) is 9.59 Å². The van der Waals surface area contributed by atoms with Crippen LogP contribution in [0.25, 0.3) is 0 Å². The van der Waals surface area contributed by atoms with E-state index in [-0.39, 0.29) is 23.9 Å². The van der Waals surface area contributed by atoms with E-state index in [2.05, 4.69) is 13.2 Å². The SMILES string of the molecule is CSC(C)CCN1C(=O)C2CCCCN2C(=O)C1C. The minimum Gasteiger partial charge on any atom is -0.329 e. The summed E-state index contributed by atoms with van der Waals surface area (Å²) in [4.78, 5) is 28.5. The molecule has 0 aromatic heterocycles. The Kier molecular flexibility index (Phi) is 4.76. The number of thioether (sulfide) groups is 1. The lowest BCUT2D eigenvalue weighted by Crippen LogP contribution is -2.65. The smallest absolute Gasteiger partial charge is 0.246 e. The Balaban J connectivity index is 2.06. The molecule has 19 heavy (non-hydrogen) atoms. The molecule has 2 saturated heterocycles. The molecule has 0 spiro atoms. The number of piperidine rings is 1. The first kappa shape index (κ1) is 14.7. The molecular weight excluding hydrogens is 260 g/mol. The number of amides is 2. The van der Waals surface area contributed by atoms with E-state index >= 15 is 0 Å². The summed E-state index contributed by atoms with van der Waals surface area (Å²) in [5.74, 6) is 0.307. The van der Waals surface area contributed by atoms with E-state index in [0.717, 1.165) is 32.2 Å². The van der Waals surface area contributed by atoms with Gasteiger partial charge in [0.1, 0.15) is 12.1 Å². The molecule has 0 aromatic carbocycles. The van der Waals surface area contributed by atoms with Crippen molar-refractivity contribution in [1.29, 1.82) is 0 Å². The molecule has 4 nitrogen and oxygen atoms in total. The molecule has 2 aliphatic heterocycles. The molecule has 2 amide bonds. The topological polar surface area (TPSA) is 40.6 Å². The number of nitrogens with zero attached hydrogens (tertiary/aromatic N) is 2. The maximum atomic E-state index is 12.5. The van der Waals surface area contributed by atoms with Crippen LogP contribution in [0.1, 0.15) is 39.5 Å². The maximum Gasteiger partial charge on any atom is 0.246 e. The molecule has 0 saturated carbocycles. The van der Waals surface area contributed by atoms with Gasteiger partial charge < -0.3 is 9.80 Å². The standard InChI is InChI=1S/C14H24N2O2S/c1-10(19-3)7-9-15-11(2)13(17)16-8-5-4-6-12(16)14(15)18/h10-12H,4-9H2,1-3H3. The number of rotatable bonds is 4. The first-order valence-corrected chi connectivity index (χ1v) is 8.48. The fourth-order valence-corrected chi connectivity index (χ4v) is 3.29. The van der Waals surface area contributed by atoms with E-state index in [1.165, 1.54) is 0 Å². The zero-order valence-corrected chi connectivity index (χ0v) is 12.9. The fourth-order valence-electron chi connectivity index (χ4n) is 2.95. The summed E-state index contributed by atoms with van der Waals surface area (Å²) in [5, 5.41) is 0.527. The molecule has 0 radical (unpaired) electrons. The van der Waals surface area contributed by atoms with Crippen molar-refractivity contribution in [2.75, 3.05) is 19.3 Å². The maximum absolute atomic E-state index is 12.5. The number of carbonyl (C=O) groups excluding carboxylic acids is 2. The highest BCUT2D eigenvalue weighted by Crippen LogP contribution is 2.26. The Bertz CT molecular complexity index is 361. The van der Waals surface area contributed by atoms with Crippen LogP contribution in [0.15, 0.2) is 0 Å². The second-order valence-electron chi connectivity index (χ2n) is 5.59. The fraction of sp³-hybridized carbons (Fsp3) is 0.857. The normalized spacial score (nSPS) is 29.4. The zero-order valence-electron chi connectivity index (χ0n) is 12.1. The molecule has 0 aliphatic carbocycles. The van der Waals surface area contributed by atoms with Gasteiger partial charge in [0.05, 0.1) is 0 Å². The highest BCUT2D eigenvalue weighted by molar-refractivity contribution is 7.99.